The highest BCUT2D eigenvalue weighted by molar-refractivity contribution is 7.09. The van der Waals surface area contributed by atoms with Gasteiger partial charge in [0.1, 0.15) is 18.1 Å². The Bertz CT molecular complexity index is 1140. The molecule has 34 heavy (non-hydrogen) atoms. The number of rotatable bonds is 6. The van der Waals surface area contributed by atoms with Crippen LogP contribution in [0.1, 0.15) is 54.2 Å². The molecule has 0 radical (unpaired) electrons. The molecule has 1 aromatic carbocycles. The number of halogens is 2. The molecule has 0 saturated carbocycles. The molecule has 3 heterocycles. The van der Waals surface area contributed by atoms with Gasteiger partial charge in [0, 0.05) is 48.5 Å². The number of carbonyl (C=O) groups excluding carboxylic acids is 1. The number of thiazole rings is 1. The van der Waals surface area contributed by atoms with Gasteiger partial charge < -0.3 is 14.1 Å². The molecule has 3 aromatic rings. The number of nitrogens with zero attached hydrogens (tertiary/aromatic N) is 3. The van der Waals surface area contributed by atoms with Crippen LogP contribution in [0.15, 0.2) is 40.1 Å². The fourth-order valence-corrected chi connectivity index (χ4v) is 5.11. The maximum Gasteiger partial charge on any atom is 0.289 e. The highest BCUT2D eigenvalue weighted by atomic mass is 35.5. The molecule has 0 aliphatic carbocycles. The van der Waals surface area contributed by atoms with Crippen molar-refractivity contribution >= 4 is 40.4 Å². The smallest absolute Gasteiger partial charge is 0.289 e. The predicted molar refractivity (Wildman–Crippen MR) is 136 cm³/mol. The van der Waals surface area contributed by atoms with Gasteiger partial charge in [-0.15, -0.1) is 11.3 Å². The van der Waals surface area contributed by atoms with E-state index in [1.807, 2.05) is 4.90 Å². The minimum Gasteiger partial charge on any atom is -0.484 e. The number of benzene rings is 1. The van der Waals surface area contributed by atoms with Crippen LogP contribution in [0.4, 0.5) is 0 Å². The Balaban J connectivity index is 1.30. The fraction of sp³-hybridized carbons (Fsp3) is 0.440. The summed E-state index contributed by atoms with van der Waals surface area (Å²) in [6.45, 7) is 10.6. The van der Waals surface area contributed by atoms with Crippen molar-refractivity contribution in [2.24, 2.45) is 0 Å². The van der Waals surface area contributed by atoms with Crippen molar-refractivity contribution in [2.75, 3.05) is 26.2 Å². The first-order valence-corrected chi connectivity index (χ1v) is 13.0. The first-order valence-electron chi connectivity index (χ1n) is 11.3. The number of hydrogen-bond donors (Lipinski definition) is 0. The van der Waals surface area contributed by atoms with Gasteiger partial charge in [-0.05, 0) is 36.8 Å². The summed E-state index contributed by atoms with van der Waals surface area (Å²) in [4.78, 5) is 22.1. The van der Waals surface area contributed by atoms with Crippen LogP contribution in [0.3, 0.4) is 0 Å². The molecule has 1 saturated heterocycles. The molecular formula is C25H29Cl2N3O3S. The molecule has 0 unspecified atom stereocenters. The van der Waals surface area contributed by atoms with Crippen LogP contribution in [0.2, 0.25) is 10.0 Å². The lowest BCUT2D eigenvalue weighted by Gasteiger charge is -2.21. The Hall–Kier alpha value is -2.06. The molecule has 1 aliphatic heterocycles. The van der Waals surface area contributed by atoms with Gasteiger partial charge in [0.25, 0.3) is 5.91 Å². The van der Waals surface area contributed by atoms with Gasteiger partial charge in [0.05, 0.1) is 15.7 Å². The van der Waals surface area contributed by atoms with Crippen molar-refractivity contribution in [3.8, 4) is 5.75 Å². The molecule has 6 nitrogen and oxygen atoms in total. The second-order valence-electron chi connectivity index (χ2n) is 9.45. The summed E-state index contributed by atoms with van der Waals surface area (Å²) >= 11 is 13.8. The number of carbonyl (C=O) groups is 1. The maximum absolute atomic E-state index is 13.0. The van der Waals surface area contributed by atoms with Crippen LogP contribution < -0.4 is 4.74 Å². The predicted octanol–water partition coefficient (Wildman–Crippen LogP) is 6.27. The second-order valence-corrected chi connectivity index (χ2v) is 11.1. The van der Waals surface area contributed by atoms with Crippen molar-refractivity contribution in [3.63, 3.8) is 0 Å². The summed E-state index contributed by atoms with van der Waals surface area (Å²) in [5, 5.41) is 4.28. The molecule has 0 atom stereocenters. The average Bonchev–Trinajstić information content (AvgIpc) is 3.38. The SMILES string of the molecule is CC(C)(C)c1nc(CN2CCCN(C(=O)c3ccc(COc4ccc(Cl)cc4Cl)o3)CC2)cs1. The monoisotopic (exact) mass is 521 g/mol. The summed E-state index contributed by atoms with van der Waals surface area (Å²) in [7, 11) is 0. The Morgan fingerprint density at radius 1 is 1.15 bits per heavy atom. The van der Waals surface area contributed by atoms with E-state index in [0.29, 0.717) is 40.4 Å². The Labute approximate surface area is 214 Å². The lowest BCUT2D eigenvalue weighted by atomic mass is 9.98. The molecule has 182 valence electrons. The van der Waals surface area contributed by atoms with E-state index in [9.17, 15) is 4.79 Å². The van der Waals surface area contributed by atoms with Gasteiger partial charge in [-0.1, -0.05) is 44.0 Å². The topological polar surface area (TPSA) is 58.8 Å². The fourth-order valence-electron chi connectivity index (χ4n) is 3.75. The quantitative estimate of drug-likeness (QED) is 0.382. The molecule has 1 amide bonds. The number of amides is 1. The molecule has 0 N–H and O–H groups in total. The minimum absolute atomic E-state index is 0.0684. The summed E-state index contributed by atoms with van der Waals surface area (Å²) in [6, 6.07) is 8.50. The lowest BCUT2D eigenvalue weighted by Crippen LogP contribution is -2.35. The third-order valence-electron chi connectivity index (χ3n) is 5.59. The van der Waals surface area contributed by atoms with Crippen LogP contribution in [0, 0.1) is 0 Å². The molecule has 1 aliphatic rings. The van der Waals surface area contributed by atoms with Crippen LogP contribution in [0.25, 0.3) is 0 Å². The summed E-state index contributed by atoms with van der Waals surface area (Å²) < 4.78 is 11.5. The molecule has 2 aromatic heterocycles. The van der Waals surface area contributed by atoms with Gasteiger partial charge in [-0.25, -0.2) is 4.98 Å². The van der Waals surface area contributed by atoms with E-state index in [-0.39, 0.29) is 17.9 Å². The zero-order valence-corrected chi connectivity index (χ0v) is 22.0. The largest absolute Gasteiger partial charge is 0.484 e. The minimum atomic E-state index is -0.0960. The Morgan fingerprint density at radius 2 is 1.97 bits per heavy atom. The number of furan rings is 1. The number of ether oxygens (including phenoxy) is 1. The lowest BCUT2D eigenvalue weighted by molar-refractivity contribution is 0.0725. The van der Waals surface area contributed by atoms with E-state index in [0.717, 1.165) is 36.8 Å². The molecule has 9 heteroatoms. The van der Waals surface area contributed by atoms with Crippen LogP contribution in [0.5, 0.6) is 5.75 Å². The van der Waals surface area contributed by atoms with Gasteiger partial charge in [-0.2, -0.15) is 0 Å². The summed E-state index contributed by atoms with van der Waals surface area (Å²) in [6.07, 6.45) is 0.910. The third kappa shape index (κ3) is 6.33. The van der Waals surface area contributed by atoms with E-state index >= 15 is 0 Å². The standard InChI is InChI=1S/C25H29Cl2N3O3S/c1-25(2,3)24-28-18(16-34-24)14-29-9-4-10-30(12-11-29)23(31)22-8-6-19(33-22)15-32-21-7-5-17(26)13-20(21)27/h5-8,13,16H,4,9-12,14-15H2,1-3H3. The van der Waals surface area contributed by atoms with Crippen molar-refractivity contribution in [2.45, 2.75) is 45.8 Å². The maximum atomic E-state index is 13.0. The Kier molecular flexibility index (Phi) is 7.87. The second kappa shape index (κ2) is 10.7. The van der Waals surface area contributed by atoms with E-state index in [4.69, 9.17) is 37.3 Å². The zero-order valence-electron chi connectivity index (χ0n) is 19.6. The number of aromatic nitrogens is 1. The van der Waals surface area contributed by atoms with Crippen molar-refractivity contribution in [3.05, 3.63) is 68.0 Å². The highest BCUT2D eigenvalue weighted by Crippen LogP contribution is 2.29. The first kappa shape index (κ1) is 25.0. The van der Waals surface area contributed by atoms with E-state index in [1.54, 1.807) is 41.7 Å². The van der Waals surface area contributed by atoms with E-state index in [1.165, 1.54) is 0 Å². The van der Waals surface area contributed by atoms with Crippen LogP contribution >= 0.6 is 34.5 Å². The van der Waals surface area contributed by atoms with Crippen LogP contribution in [-0.2, 0) is 18.6 Å². The first-order chi connectivity index (χ1) is 16.2. The van der Waals surface area contributed by atoms with Gasteiger partial charge >= 0.3 is 0 Å². The molecule has 4 rings (SSSR count). The normalized spacial score (nSPS) is 15.4. The van der Waals surface area contributed by atoms with E-state index < -0.39 is 0 Å². The summed E-state index contributed by atoms with van der Waals surface area (Å²) in [5.74, 6) is 1.30. The third-order valence-corrected chi connectivity index (χ3v) is 7.44. The van der Waals surface area contributed by atoms with E-state index in [2.05, 4.69) is 31.1 Å². The molecule has 1 fully saturated rings. The van der Waals surface area contributed by atoms with Crippen LogP contribution in [-0.4, -0.2) is 46.9 Å². The van der Waals surface area contributed by atoms with Crippen molar-refractivity contribution in [1.29, 1.82) is 0 Å². The number of hydrogen-bond acceptors (Lipinski definition) is 6. The Morgan fingerprint density at radius 3 is 2.71 bits per heavy atom. The molecule has 0 spiro atoms. The summed E-state index contributed by atoms with van der Waals surface area (Å²) in [5.41, 5.74) is 1.17. The van der Waals surface area contributed by atoms with Crippen molar-refractivity contribution < 1.29 is 13.9 Å². The highest BCUT2D eigenvalue weighted by Gasteiger charge is 2.24. The molecular weight excluding hydrogens is 493 g/mol. The average molecular weight is 522 g/mol. The molecule has 0 bridgehead atoms. The van der Waals surface area contributed by atoms with Gasteiger partial charge in [-0.3, -0.25) is 9.69 Å². The van der Waals surface area contributed by atoms with Gasteiger partial charge in [0.2, 0.25) is 0 Å². The van der Waals surface area contributed by atoms with Gasteiger partial charge in [0.15, 0.2) is 5.76 Å². The van der Waals surface area contributed by atoms with Crippen molar-refractivity contribution in [1.82, 2.24) is 14.8 Å². The zero-order chi connectivity index (χ0) is 24.3.